The predicted octanol–water partition coefficient (Wildman–Crippen LogP) is 5.58. The first-order chi connectivity index (χ1) is 13.8. The third kappa shape index (κ3) is 2.13. The van der Waals surface area contributed by atoms with Crippen molar-refractivity contribution < 1.29 is 9.15 Å². The highest BCUT2D eigenvalue weighted by atomic mass is 16.5. The molecule has 28 heavy (non-hydrogen) atoms. The van der Waals surface area contributed by atoms with Crippen LogP contribution in [0.15, 0.2) is 94.2 Å². The first kappa shape index (κ1) is 15.5. The van der Waals surface area contributed by atoms with E-state index in [1.807, 2.05) is 48.5 Å². The molecule has 0 spiro atoms. The highest BCUT2D eigenvalue weighted by Crippen LogP contribution is 2.46. The molecule has 2 heterocycles. The fourth-order valence-electron chi connectivity index (χ4n) is 4.34. The van der Waals surface area contributed by atoms with Gasteiger partial charge in [0.1, 0.15) is 17.4 Å². The number of rotatable bonds is 1. The van der Waals surface area contributed by atoms with Crippen molar-refractivity contribution in [1.82, 2.24) is 0 Å². The minimum Gasteiger partial charge on any atom is -0.484 e. The normalized spacial score (nSPS) is 19.6. The lowest BCUT2D eigenvalue weighted by atomic mass is 9.90. The standard InChI is InChI=1S/C25H16O3/c26-25-21-14-15(12-13-17(21)18-6-1-4-11-23(18)28-25)16-8-5-9-20-19-7-2-3-10-22(19)27-24(16)20/h1-14,19,22H. The van der Waals surface area contributed by atoms with Gasteiger partial charge in [-0.05, 0) is 29.2 Å². The van der Waals surface area contributed by atoms with Crippen LogP contribution in [0.3, 0.4) is 0 Å². The van der Waals surface area contributed by atoms with Crippen LogP contribution in [0.1, 0.15) is 11.5 Å². The first-order valence-corrected chi connectivity index (χ1v) is 9.40. The molecule has 1 aliphatic heterocycles. The van der Waals surface area contributed by atoms with Crippen molar-refractivity contribution in [3.05, 3.63) is 101 Å². The molecule has 3 nitrogen and oxygen atoms in total. The van der Waals surface area contributed by atoms with Crippen LogP contribution >= 0.6 is 0 Å². The molecule has 1 aliphatic carbocycles. The molecule has 3 heteroatoms. The van der Waals surface area contributed by atoms with Crippen LogP contribution in [0.25, 0.3) is 32.9 Å². The summed E-state index contributed by atoms with van der Waals surface area (Å²) in [6, 6.07) is 19.8. The van der Waals surface area contributed by atoms with E-state index in [0.29, 0.717) is 11.0 Å². The zero-order valence-electron chi connectivity index (χ0n) is 15.0. The molecular weight excluding hydrogens is 348 g/mol. The van der Waals surface area contributed by atoms with Crippen LogP contribution in [0.5, 0.6) is 5.75 Å². The van der Waals surface area contributed by atoms with Gasteiger partial charge in [0.25, 0.3) is 0 Å². The van der Waals surface area contributed by atoms with E-state index >= 15 is 0 Å². The molecule has 1 aromatic heterocycles. The Morgan fingerprint density at radius 2 is 1.68 bits per heavy atom. The summed E-state index contributed by atoms with van der Waals surface area (Å²) >= 11 is 0. The molecule has 0 bridgehead atoms. The van der Waals surface area contributed by atoms with Crippen molar-refractivity contribution in [2.75, 3.05) is 0 Å². The summed E-state index contributed by atoms with van der Waals surface area (Å²) in [7, 11) is 0. The van der Waals surface area contributed by atoms with Crippen molar-refractivity contribution in [2.24, 2.45) is 0 Å². The lowest BCUT2D eigenvalue weighted by Gasteiger charge is -2.14. The minimum atomic E-state index is -0.316. The van der Waals surface area contributed by atoms with E-state index < -0.39 is 0 Å². The monoisotopic (exact) mass is 364 g/mol. The van der Waals surface area contributed by atoms with E-state index in [0.717, 1.165) is 27.6 Å². The molecule has 0 N–H and O–H groups in total. The number of fused-ring (bicyclic) bond motifs is 6. The van der Waals surface area contributed by atoms with Gasteiger partial charge in [0, 0.05) is 22.4 Å². The summed E-state index contributed by atoms with van der Waals surface area (Å²) in [6.07, 6.45) is 8.41. The summed E-state index contributed by atoms with van der Waals surface area (Å²) < 4.78 is 11.8. The van der Waals surface area contributed by atoms with Crippen LogP contribution < -0.4 is 10.4 Å². The average molecular weight is 364 g/mol. The number of allylic oxidation sites excluding steroid dienone is 2. The number of benzene rings is 3. The summed E-state index contributed by atoms with van der Waals surface area (Å²) in [5.41, 5.74) is 3.44. The molecule has 2 atom stereocenters. The molecule has 2 aliphatic rings. The van der Waals surface area contributed by atoms with Gasteiger partial charge < -0.3 is 9.15 Å². The van der Waals surface area contributed by atoms with Gasteiger partial charge in [-0.25, -0.2) is 4.79 Å². The van der Waals surface area contributed by atoms with Gasteiger partial charge in [0.15, 0.2) is 0 Å². The highest BCUT2D eigenvalue weighted by molar-refractivity contribution is 6.05. The Morgan fingerprint density at radius 3 is 2.64 bits per heavy atom. The molecule has 2 unspecified atom stereocenters. The topological polar surface area (TPSA) is 39.4 Å². The molecule has 3 aromatic carbocycles. The molecule has 0 saturated heterocycles. The van der Waals surface area contributed by atoms with Gasteiger partial charge in [0.05, 0.1) is 5.39 Å². The summed E-state index contributed by atoms with van der Waals surface area (Å²) in [5, 5.41) is 2.44. The van der Waals surface area contributed by atoms with Crippen LogP contribution in [0, 0.1) is 0 Å². The van der Waals surface area contributed by atoms with Gasteiger partial charge in [-0.15, -0.1) is 0 Å². The van der Waals surface area contributed by atoms with Gasteiger partial charge in [-0.3, -0.25) is 0 Å². The van der Waals surface area contributed by atoms with E-state index in [1.54, 1.807) is 0 Å². The van der Waals surface area contributed by atoms with Crippen LogP contribution in [-0.4, -0.2) is 6.10 Å². The first-order valence-electron chi connectivity index (χ1n) is 9.40. The second-order valence-corrected chi connectivity index (χ2v) is 7.25. The van der Waals surface area contributed by atoms with E-state index in [1.165, 1.54) is 5.56 Å². The van der Waals surface area contributed by atoms with Crippen molar-refractivity contribution in [3.63, 3.8) is 0 Å². The van der Waals surface area contributed by atoms with E-state index in [9.17, 15) is 4.79 Å². The number of hydrogen-bond donors (Lipinski definition) is 0. The smallest absolute Gasteiger partial charge is 0.344 e. The lowest BCUT2D eigenvalue weighted by Crippen LogP contribution is -2.15. The molecule has 134 valence electrons. The molecule has 0 fully saturated rings. The second-order valence-electron chi connectivity index (χ2n) is 7.25. The fourth-order valence-corrected chi connectivity index (χ4v) is 4.34. The SMILES string of the molecule is O=c1oc2ccccc2c2ccc(-c3cccc4c3OC3C=CC=CC43)cc12. The molecule has 0 radical (unpaired) electrons. The van der Waals surface area contributed by atoms with Gasteiger partial charge in [-0.1, -0.05) is 66.8 Å². The van der Waals surface area contributed by atoms with E-state index in [-0.39, 0.29) is 17.6 Å². The molecule has 6 rings (SSSR count). The van der Waals surface area contributed by atoms with Gasteiger partial charge in [0.2, 0.25) is 0 Å². The van der Waals surface area contributed by atoms with Gasteiger partial charge in [-0.2, -0.15) is 0 Å². The molecule has 0 amide bonds. The maximum atomic E-state index is 12.6. The summed E-state index contributed by atoms with van der Waals surface area (Å²) in [5.74, 6) is 1.15. The molecular formula is C25H16O3. The molecule has 0 saturated carbocycles. The van der Waals surface area contributed by atoms with Crippen molar-refractivity contribution in [1.29, 1.82) is 0 Å². The van der Waals surface area contributed by atoms with Crippen molar-refractivity contribution in [2.45, 2.75) is 12.0 Å². The third-order valence-electron chi connectivity index (χ3n) is 5.67. The van der Waals surface area contributed by atoms with Crippen molar-refractivity contribution in [3.8, 4) is 16.9 Å². The maximum absolute atomic E-state index is 12.6. The fraction of sp³-hybridized carbons (Fsp3) is 0.0800. The second kappa shape index (κ2) is 5.70. The zero-order valence-corrected chi connectivity index (χ0v) is 15.0. The number of hydrogen-bond acceptors (Lipinski definition) is 3. The Hall–Kier alpha value is -3.59. The number of para-hydroxylation sites is 2. The Kier molecular flexibility index (Phi) is 3.15. The molecule has 4 aromatic rings. The van der Waals surface area contributed by atoms with Crippen LogP contribution in [-0.2, 0) is 0 Å². The number of ether oxygens (including phenoxy) is 1. The highest BCUT2D eigenvalue weighted by Gasteiger charge is 2.33. The average Bonchev–Trinajstić information content (AvgIpc) is 3.12. The Bertz CT molecular complexity index is 1370. The largest absolute Gasteiger partial charge is 0.484 e. The third-order valence-corrected chi connectivity index (χ3v) is 5.67. The van der Waals surface area contributed by atoms with Crippen molar-refractivity contribution >= 4 is 21.7 Å². The Labute approximate surface area is 161 Å². The Balaban J connectivity index is 1.57. The quantitative estimate of drug-likeness (QED) is 0.327. The van der Waals surface area contributed by atoms with Crippen LogP contribution in [0.2, 0.25) is 0 Å². The Morgan fingerprint density at radius 1 is 0.786 bits per heavy atom. The minimum absolute atomic E-state index is 0.0376. The summed E-state index contributed by atoms with van der Waals surface area (Å²) in [4.78, 5) is 12.6. The van der Waals surface area contributed by atoms with E-state index in [2.05, 4.69) is 36.4 Å². The predicted molar refractivity (Wildman–Crippen MR) is 111 cm³/mol. The summed E-state index contributed by atoms with van der Waals surface area (Å²) in [6.45, 7) is 0. The van der Waals surface area contributed by atoms with Gasteiger partial charge >= 0.3 is 5.63 Å². The maximum Gasteiger partial charge on any atom is 0.344 e. The van der Waals surface area contributed by atoms with Crippen LogP contribution in [0.4, 0.5) is 0 Å². The zero-order chi connectivity index (χ0) is 18.7. The van der Waals surface area contributed by atoms with E-state index in [4.69, 9.17) is 9.15 Å². The lowest BCUT2D eigenvalue weighted by molar-refractivity contribution is 0.270.